The number of aliphatic hydroxyl groups excluding tert-OH is 1. The number of rotatable bonds is 5. The van der Waals surface area contributed by atoms with Gasteiger partial charge in [-0.3, -0.25) is 0 Å². The van der Waals surface area contributed by atoms with E-state index in [1.165, 1.54) is 6.07 Å². The Labute approximate surface area is 101 Å². The molecule has 16 heavy (non-hydrogen) atoms. The van der Waals surface area contributed by atoms with Crippen LogP contribution in [0.25, 0.3) is 0 Å². The summed E-state index contributed by atoms with van der Waals surface area (Å²) >= 11 is 5.66. The van der Waals surface area contributed by atoms with Gasteiger partial charge in [0.05, 0.1) is 11.1 Å². The average Bonchev–Trinajstić information content (AvgIpc) is 2.24. The van der Waals surface area contributed by atoms with Gasteiger partial charge in [0.25, 0.3) is 0 Å². The Morgan fingerprint density at radius 2 is 2.25 bits per heavy atom. The Morgan fingerprint density at radius 1 is 1.56 bits per heavy atom. The predicted octanol–water partition coefficient (Wildman–Crippen LogP) is 3.74. The second-order valence-corrected chi connectivity index (χ2v) is 4.29. The zero-order valence-corrected chi connectivity index (χ0v) is 10.1. The fourth-order valence-corrected chi connectivity index (χ4v) is 1.70. The summed E-state index contributed by atoms with van der Waals surface area (Å²) in [5.74, 6) is -0.440. The minimum absolute atomic E-state index is 0.0963. The Balaban J connectivity index is 2.66. The van der Waals surface area contributed by atoms with Gasteiger partial charge >= 0.3 is 0 Å². The van der Waals surface area contributed by atoms with E-state index in [4.69, 9.17) is 11.6 Å². The summed E-state index contributed by atoms with van der Waals surface area (Å²) in [4.78, 5) is 0. The standard InChI is InChI=1S/C13H16ClFO/c1-3-9(2)7-11(16)8-10-5-4-6-12(14)13(10)15/h4-6,11,16H,2-3,7-8H2,1H3. The molecule has 0 radical (unpaired) electrons. The maximum absolute atomic E-state index is 13.5. The molecule has 0 saturated carbocycles. The molecule has 1 aromatic rings. The van der Waals surface area contributed by atoms with Crippen LogP contribution in [0.5, 0.6) is 0 Å². The van der Waals surface area contributed by atoms with Crippen LogP contribution >= 0.6 is 11.6 Å². The zero-order valence-electron chi connectivity index (χ0n) is 9.34. The second kappa shape index (κ2) is 6.02. The lowest BCUT2D eigenvalue weighted by atomic mass is 10.0. The van der Waals surface area contributed by atoms with Crippen LogP contribution in [0.4, 0.5) is 4.39 Å². The molecule has 1 atom stereocenters. The Bertz CT molecular complexity index is 376. The molecule has 0 fully saturated rings. The number of halogens is 2. The normalized spacial score (nSPS) is 12.5. The van der Waals surface area contributed by atoms with Crippen molar-refractivity contribution in [3.8, 4) is 0 Å². The first kappa shape index (κ1) is 13.2. The minimum atomic E-state index is -0.597. The number of hydrogen-bond acceptors (Lipinski definition) is 1. The van der Waals surface area contributed by atoms with Crippen molar-refractivity contribution in [3.63, 3.8) is 0 Å². The highest BCUT2D eigenvalue weighted by Gasteiger charge is 2.12. The van der Waals surface area contributed by atoms with Gasteiger partial charge < -0.3 is 5.11 Å². The van der Waals surface area contributed by atoms with Crippen LogP contribution in [-0.2, 0) is 6.42 Å². The topological polar surface area (TPSA) is 20.2 Å². The molecule has 0 aliphatic carbocycles. The van der Waals surface area contributed by atoms with Gasteiger partial charge in [0, 0.05) is 6.42 Å². The van der Waals surface area contributed by atoms with Gasteiger partial charge in [-0.15, -0.1) is 0 Å². The molecule has 0 spiro atoms. The second-order valence-electron chi connectivity index (χ2n) is 3.88. The maximum atomic E-state index is 13.5. The zero-order chi connectivity index (χ0) is 12.1. The highest BCUT2D eigenvalue weighted by Crippen LogP contribution is 2.20. The van der Waals surface area contributed by atoms with Crippen molar-refractivity contribution in [2.75, 3.05) is 0 Å². The molecule has 1 N–H and O–H groups in total. The van der Waals surface area contributed by atoms with Gasteiger partial charge in [0.2, 0.25) is 0 Å². The summed E-state index contributed by atoms with van der Waals surface area (Å²) < 4.78 is 13.5. The largest absolute Gasteiger partial charge is 0.392 e. The summed E-state index contributed by atoms with van der Waals surface area (Å²) in [7, 11) is 0. The van der Waals surface area contributed by atoms with Gasteiger partial charge in [-0.05, 0) is 24.5 Å². The summed E-state index contributed by atoms with van der Waals surface area (Å²) in [6.07, 6.45) is 1.00. The van der Waals surface area contributed by atoms with Crippen LogP contribution in [0.2, 0.25) is 5.02 Å². The van der Waals surface area contributed by atoms with Crippen molar-refractivity contribution in [1.82, 2.24) is 0 Å². The molecule has 0 bridgehead atoms. The van der Waals surface area contributed by atoms with Crippen molar-refractivity contribution in [2.45, 2.75) is 32.3 Å². The van der Waals surface area contributed by atoms with E-state index in [0.717, 1.165) is 12.0 Å². The van der Waals surface area contributed by atoms with Crippen LogP contribution in [0, 0.1) is 5.82 Å². The highest BCUT2D eigenvalue weighted by molar-refractivity contribution is 6.30. The minimum Gasteiger partial charge on any atom is -0.392 e. The fraction of sp³-hybridized carbons (Fsp3) is 0.385. The highest BCUT2D eigenvalue weighted by atomic mass is 35.5. The molecule has 0 saturated heterocycles. The monoisotopic (exact) mass is 242 g/mol. The number of hydrogen-bond donors (Lipinski definition) is 1. The Hall–Kier alpha value is -0.860. The van der Waals surface area contributed by atoms with Gasteiger partial charge in [-0.1, -0.05) is 42.8 Å². The van der Waals surface area contributed by atoms with Gasteiger partial charge in [-0.25, -0.2) is 4.39 Å². The lowest BCUT2D eigenvalue weighted by molar-refractivity contribution is 0.173. The number of aliphatic hydroxyl groups is 1. The summed E-state index contributed by atoms with van der Waals surface area (Å²) in [5.41, 5.74) is 1.42. The van der Waals surface area contributed by atoms with Crippen LogP contribution < -0.4 is 0 Å². The van der Waals surface area contributed by atoms with E-state index in [0.29, 0.717) is 12.0 Å². The SMILES string of the molecule is C=C(CC)CC(O)Cc1cccc(Cl)c1F. The van der Waals surface area contributed by atoms with E-state index in [1.54, 1.807) is 12.1 Å². The van der Waals surface area contributed by atoms with Gasteiger partial charge in [0.1, 0.15) is 5.82 Å². The molecule has 0 aliphatic heterocycles. The molecule has 0 aromatic heterocycles. The van der Waals surface area contributed by atoms with Crippen molar-refractivity contribution in [3.05, 3.63) is 46.8 Å². The molecule has 0 aliphatic rings. The third-order valence-electron chi connectivity index (χ3n) is 2.51. The van der Waals surface area contributed by atoms with Crippen molar-refractivity contribution < 1.29 is 9.50 Å². The van der Waals surface area contributed by atoms with Crippen LogP contribution in [0.3, 0.4) is 0 Å². The van der Waals surface area contributed by atoms with Gasteiger partial charge in [0.15, 0.2) is 0 Å². The third kappa shape index (κ3) is 3.62. The lowest BCUT2D eigenvalue weighted by Crippen LogP contribution is -2.12. The quantitative estimate of drug-likeness (QED) is 0.780. The number of benzene rings is 1. The lowest BCUT2D eigenvalue weighted by Gasteiger charge is -2.12. The first-order chi connectivity index (χ1) is 7.54. The summed E-state index contributed by atoms with van der Waals surface area (Å²) in [6.45, 7) is 5.80. The molecule has 3 heteroatoms. The van der Waals surface area contributed by atoms with Crippen LogP contribution in [-0.4, -0.2) is 11.2 Å². The van der Waals surface area contributed by atoms with E-state index < -0.39 is 11.9 Å². The van der Waals surface area contributed by atoms with Gasteiger partial charge in [-0.2, -0.15) is 0 Å². The van der Waals surface area contributed by atoms with Crippen LogP contribution in [0.15, 0.2) is 30.4 Å². The smallest absolute Gasteiger partial charge is 0.145 e. The van der Waals surface area contributed by atoms with Crippen molar-refractivity contribution >= 4 is 11.6 Å². The third-order valence-corrected chi connectivity index (χ3v) is 2.80. The van der Waals surface area contributed by atoms with Crippen molar-refractivity contribution in [2.24, 2.45) is 0 Å². The first-order valence-electron chi connectivity index (χ1n) is 5.32. The van der Waals surface area contributed by atoms with E-state index in [1.807, 2.05) is 6.92 Å². The molecule has 1 nitrogen and oxygen atoms in total. The fourth-order valence-electron chi connectivity index (χ4n) is 1.51. The Kier molecular flexibility index (Phi) is 4.97. The molecule has 0 heterocycles. The maximum Gasteiger partial charge on any atom is 0.145 e. The molecule has 0 amide bonds. The van der Waals surface area contributed by atoms with E-state index in [9.17, 15) is 9.50 Å². The molecule has 1 rings (SSSR count). The van der Waals surface area contributed by atoms with Crippen LogP contribution in [0.1, 0.15) is 25.3 Å². The summed E-state index contributed by atoms with van der Waals surface area (Å²) in [5, 5.41) is 9.85. The molecular weight excluding hydrogens is 227 g/mol. The predicted molar refractivity (Wildman–Crippen MR) is 65.2 cm³/mol. The van der Waals surface area contributed by atoms with E-state index in [2.05, 4.69) is 6.58 Å². The molecule has 1 aromatic carbocycles. The van der Waals surface area contributed by atoms with E-state index in [-0.39, 0.29) is 11.4 Å². The van der Waals surface area contributed by atoms with Crippen molar-refractivity contribution in [1.29, 1.82) is 0 Å². The van der Waals surface area contributed by atoms with E-state index >= 15 is 0 Å². The Morgan fingerprint density at radius 3 is 2.88 bits per heavy atom. The molecule has 1 unspecified atom stereocenters. The molecular formula is C13H16ClFO. The first-order valence-corrected chi connectivity index (χ1v) is 5.70. The summed E-state index contributed by atoms with van der Waals surface area (Å²) in [6, 6.07) is 4.82. The average molecular weight is 243 g/mol. The molecule has 88 valence electrons.